The van der Waals surface area contributed by atoms with Crippen molar-refractivity contribution in [2.75, 3.05) is 7.11 Å². The minimum atomic E-state index is -0.349. The van der Waals surface area contributed by atoms with Crippen LogP contribution in [0.25, 0.3) is 6.08 Å². The van der Waals surface area contributed by atoms with Gasteiger partial charge < -0.3 is 9.15 Å². The predicted molar refractivity (Wildman–Crippen MR) is 117 cm³/mol. The summed E-state index contributed by atoms with van der Waals surface area (Å²) >= 11 is 0. The van der Waals surface area contributed by atoms with Gasteiger partial charge in [-0.1, -0.05) is 66.3 Å². The molecule has 0 saturated heterocycles. The van der Waals surface area contributed by atoms with Gasteiger partial charge in [0.2, 0.25) is 0 Å². The zero-order valence-electron chi connectivity index (χ0n) is 17.1. The summed E-state index contributed by atoms with van der Waals surface area (Å²) < 4.78 is 10.7. The Hall–Kier alpha value is -3.07. The van der Waals surface area contributed by atoms with Gasteiger partial charge in [0.15, 0.2) is 0 Å². The van der Waals surface area contributed by atoms with Gasteiger partial charge in [0, 0.05) is 12.0 Å². The molecule has 0 radical (unpaired) electrons. The highest BCUT2D eigenvalue weighted by Crippen LogP contribution is 2.23. The Labute approximate surface area is 167 Å². The maximum absolute atomic E-state index is 11.9. The molecule has 0 spiro atoms. The van der Waals surface area contributed by atoms with Gasteiger partial charge in [0.25, 0.3) is 0 Å². The minimum Gasteiger partial charge on any atom is -0.496 e. The van der Waals surface area contributed by atoms with Crippen molar-refractivity contribution < 1.29 is 9.15 Å². The van der Waals surface area contributed by atoms with Crippen molar-refractivity contribution in [3.63, 3.8) is 0 Å². The molecule has 1 aromatic heterocycles. The monoisotopic (exact) mass is 376 g/mol. The van der Waals surface area contributed by atoms with Crippen LogP contribution >= 0.6 is 0 Å². The second kappa shape index (κ2) is 10.3. The molecule has 2 aromatic rings. The molecule has 0 unspecified atom stereocenters. The van der Waals surface area contributed by atoms with Crippen molar-refractivity contribution in [3.8, 4) is 5.75 Å². The minimum absolute atomic E-state index is 0.349. The number of benzene rings is 1. The lowest BCUT2D eigenvalue weighted by Gasteiger charge is -2.09. The summed E-state index contributed by atoms with van der Waals surface area (Å²) in [7, 11) is 1.57. The van der Waals surface area contributed by atoms with Crippen LogP contribution in [0.3, 0.4) is 0 Å². The van der Waals surface area contributed by atoms with E-state index in [4.69, 9.17) is 9.15 Å². The fourth-order valence-electron chi connectivity index (χ4n) is 3.04. The van der Waals surface area contributed by atoms with E-state index < -0.39 is 0 Å². The van der Waals surface area contributed by atoms with E-state index in [1.807, 2.05) is 43.4 Å². The lowest BCUT2D eigenvalue weighted by atomic mass is 10.0. The number of hydrogen-bond acceptors (Lipinski definition) is 3. The number of allylic oxidation sites excluding steroid dienone is 6. The van der Waals surface area contributed by atoms with Crippen molar-refractivity contribution >= 4 is 6.08 Å². The van der Waals surface area contributed by atoms with Gasteiger partial charge in [0.1, 0.15) is 11.5 Å². The molecule has 28 heavy (non-hydrogen) atoms. The quantitative estimate of drug-likeness (QED) is 0.440. The number of hydrogen-bond donors (Lipinski definition) is 0. The average Bonchev–Trinajstić information content (AvgIpc) is 2.67. The lowest BCUT2D eigenvalue weighted by Crippen LogP contribution is -2.09. The second-order valence-corrected chi connectivity index (χ2v) is 6.67. The Morgan fingerprint density at radius 2 is 1.79 bits per heavy atom. The van der Waals surface area contributed by atoms with E-state index in [2.05, 4.69) is 37.8 Å². The first-order valence-corrected chi connectivity index (χ1v) is 9.35. The van der Waals surface area contributed by atoms with E-state index in [9.17, 15) is 4.79 Å². The second-order valence-electron chi connectivity index (χ2n) is 6.67. The largest absolute Gasteiger partial charge is 0.496 e. The van der Waals surface area contributed by atoms with Crippen LogP contribution in [0.5, 0.6) is 5.75 Å². The van der Waals surface area contributed by atoms with Crippen LogP contribution in [0.2, 0.25) is 0 Å². The Balaban J connectivity index is 2.02. The van der Waals surface area contributed by atoms with Gasteiger partial charge in [-0.2, -0.15) is 0 Å². The molecule has 0 aliphatic carbocycles. The van der Waals surface area contributed by atoms with E-state index in [-0.39, 0.29) is 5.63 Å². The van der Waals surface area contributed by atoms with Crippen molar-refractivity contribution in [1.82, 2.24) is 0 Å². The number of rotatable bonds is 8. The molecule has 1 heterocycles. The van der Waals surface area contributed by atoms with E-state index in [0.717, 1.165) is 12.0 Å². The fraction of sp³-hybridized carbons (Fsp3) is 0.240. The van der Waals surface area contributed by atoms with Crippen LogP contribution in [0.15, 0.2) is 70.4 Å². The molecule has 0 bridgehead atoms. The van der Waals surface area contributed by atoms with Gasteiger partial charge in [-0.3, -0.25) is 0 Å². The van der Waals surface area contributed by atoms with Crippen LogP contribution in [0.4, 0.5) is 0 Å². The first kappa shape index (κ1) is 21.2. The smallest absolute Gasteiger partial charge is 0.342 e. The Kier molecular flexibility index (Phi) is 7.82. The normalized spacial score (nSPS) is 11.7. The van der Waals surface area contributed by atoms with Crippen molar-refractivity contribution in [2.24, 2.45) is 0 Å². The highest BCUT2D eigenvalue weighted by Gasteiger charge is 2.13. The third-order valence-corrected chi connectivity index (χ3v) is 4.54. The molecule has 2 rings (SSSR count). The summed E-state index contributed by atoms with van der Waals surface area (Å²) in [6.45, 7) is 9.53. The molecule has 0 amide bonds. The van der Waals surface area contributed by atoms with Crippen LogP contribution in [0.1, 0.15) is 33.6 Å². The molecule has 0 atom stereocenters. The molecular formula is C25H28O3. The Bertz CT molecular complexity index is 972. The molecule has 3 nitrogen and oxygen atoms in total. The van der Waals surface area contributed by atoms with E-state index in [0.29, 0.717) is 23.5 Å². The van der Waals surface area contributed by atoms with Gasteiger partial charge in [-0.05, 0) is 38.3 Å². The molecule has 1 aromatic carbocycles. The molecule has 0 fully saturated rings. The summed E-state index contributed by atoms with van der Waals surface area (Å²) in [5.41, 5.74) is 4.74. The summed E-state index contributed by atoms with van der Waals surface area (Å²) in [4.78, 5) is 11.9. The predicted octanol–water partition coefficient (Wildman–Crippen LogP) is 5.67. The van der Waals surface area contributed by atoms with Crippen molar-refractivity contribution in [3.05, 3.63) is 105 Å². The summed E-state index contributed by atoms with van der Waals surface area (Å²) in [6.07, 6.45) is 15.3. The maximum Gasteiger partial charge on any atom is 0.342 e. The Morgan fingerprint density at radius 1 is 1.04 bits per heavy atom. The van der Waals surface area contributed by atoms with Crippen LogP contribution in [-0.4, -0.2) is 7.11 Å². The van der Waals surface area contributed by atoms with E-state index in [1.54, 1.807) is 14.0 Å². The van der Waals surface area contributed by atoms with Crippen LogP contribution in [0, 0.1) is 20.8 Å². The molecule has 0 N–H and O–H groups in total. The third-order valence-electron chi connectivity index (χ3n) is 4.54. The number of methoxy groups -OCH3 is 1. The summed E-state index contributed by atoms with van der Waals surface area (Å²) in [5.74, 6) is 1.23. The van der Waals surface area contributed by atoms with E-state index >= 15 is 0 Å². The fourth-order valence-corrected chi connectivity index (χ4v) is 3.04. The SMILES string of the molecule is C=CCc1cc(C)ccc1C=CC=CC=CCc1oc(=O)c(C)c(OC)c1C. The number of ether oxygens (including phenoxy) is 1. The zero-order chi connectivity index (χ0) is 20.5. The number of aryl methyl sites for hydroxylation is 1. The van der Waals surface area contributed by atoms with Crippen LogP contribution < -0.4 is 10.4 Å². The molecular weight excluding hydrogens is 348 g/mol. The summed E-state index contributed by atoms with van der Waals surface area (Å²) in [5, 5.41) is 0. The van der Waals surface area contributed by atoms with Crippen LogP contribution in [-0.2, 0) is 12.8 Å². The van der Waals surface area contributed by atoms with Crippen molar-refractivity contribution in [2.45, 2.75) is 33.6 Å². The first-order chi connectivity index (χ1) is 13.5. The molecule has 3 heteroatoms. The highest BCUT2D eigenvalue weighted by atomic mass is 16.5. The Morgan fingerprint density at radius 3 is 2.50 bits per heavy atom. The molecule has 0 aliphatic heterocycles. The van der Waals surface area contributed by atoms with Gasteiger partial charge in [-0.15, -0.1) is 6.58 Å². The van der Waals surface area contributed by atoms with Gasteiger partial charge in [0.05, 0.1) is 12.7 Å². The summed E-state index contributed by atoms with van der Waals surface area (Å²) in [6, 6.07) is 6.43. The standard InChI is InChI=1S/C25H28O3/c1-6-12-22-17-18(2)15-16-21(22)13-10-8-7-9-11-14-23-19(3)24(27-5)20(4)25(26)28-23/h6-11,13,15-17H,1,12,14H2,2-5H3. The zero-order valence-corrected chi connectivity index (χ0v) is 17.1. The lowest BCUT2D eigenvalue weighted by molar-refractivity contribution is 0.383. The van der Waals surface area contributed by atoms with Gasteiger partial charge in [-0.25, -0.2) is 4.79 Å². The van der Waals surface area contributed by atoms with E-state index in [1.165, 1.54) is 16.7 Å². The highest BCUT2D eigenvalue weighted by molar-refractivity contribution is 5.56. The maximum atomic E-state index is 11.9. The molecule has 146 valence electrons. The van der Waals surface area contributed by atoms with Crippen molar-refractivity contribution in [1.29, 1.82) is 0 Å². The topological polar surface area (TPSA) is 39.4 Å². The first-order valence-electron chi connectivity index (χ1n) is 9.35. The molecule has 0 saturated carbocycles. The average molecular weight is 376 g/mol. The third kappa shape index (κ3) is 5.46. The molecule has 0 aliphatic rings. The van der Waals surface area contributed by atoms with Gasteiger partial charge >= 0.3 is 5.63 Å².